The number of aryl methyl sites for hydroxylation is 1. The smallest absolute Gasteiger partial charge is 0.325 e. The van der Waals surface area contributed by atoms with Gasteiger partial charge in [-0.1, -0.05) is 23.2 Å². The number of nitrogens with one attached hydrogen (secondary N) is 2. The van der Waals surface area contributed by atoms with Crippen molar-refractivity contribution < 1.29 is 34.8 Å². The molecule has 3 rings (SSSR count). The largest absolute Gasteiger partial charge is 0.417 e. The van der Waals surface area contributed by atoms with Crippen molar-refractivity contribution in [3.8, 4) is 0 Å². The van der Waals surface area contributed by atoms with Crippen LogP contribution >= 0.6 is 23.2 Å². The molecule has 0 saturated carbocycles. The molecule has 0 fully saturated rings. The monoisotopic (exact) mass is 609 g/mol. The Labute approximate surface area is 227 Å². The molecule has 0 bridgehead atoms. The minimum atomic E-state index is -4.78. The van der Waals surface area contributed by atoms with Crippen molar-refractivity contribution in [2.45, 2.75) is 18.0 Å². The van der Waals surface area contributed by atoms with Crippen LogP contribution in [-0.2, 0) is 31.0 Å². The fourth-order valence-corrected chi connectivity index (χ4v) is 5.76. The van der Waals surface area contributed by atoms with Gasteiger partial charge in [-0.05, 0) is 73.2 Å². The summed E-state index contributed by atoms with van der Waals surface area (Å²) in [6.07, 6.45) is -3.84. The summed E-state index contributed by atoms with van der Waals surface area (Å²) < 4.78 is 92.1. The van der Waals surface area contributed by atoms with Crippen LogP contribution in [0.1, 0.15) is 11.1 Å². The molecule has 204 valence electrons. The van der Waals surface area contributed by atoms with E-state index in [1.165, 1.54) is 24.3 Å². The first-order valence-corrected chi connectivity index (χ1v) is 14.6. The first-order chi connectivity index (χ1) is 17.5. The molecule has 0 unspecified atom stereocenters. The van der Waals surface area contributed by atoms with Gasteiger partial charge in [0.2, 0.25) is 15.9 Å². The second kappa shape index (κ2) is 11.0. The average Bonchev–Trinajstić information content (AvgIpc) is 2.78. The van der Waals surface area contributed by atoms with Crippen molar-refractivity contribution in [3.05, 3.63) is 81.8 Å². The maximum atomic E-state index is 13.1. The van der Waals surface area contributed by atoms with Gasteiger partial charge in [0, 0.05) is 16.4 Å². The molecule has 3 aromatic carbocycles. The molecule has 0 aliphatic rings. The normalized spacial score (nSPS) is 12.2. The van der Waals surface area contributed by atoms with E-state index in [4.69, 9.17) is 23.2 Å². The van der Waals surface area contributed by atoms with Crippen molar-refractivity contribution in [2.24, 2.45) is 0 Å². The van der Waals surface area contributed by atoms with Crippen molar-refractivity contribution in [1.82, 2.24) is 0 Å². The standard InChI is InChI=1S/C23H20Cl2F3N3O5S2/c1-14-11-15(24)3-10-21(14)31(37(2,33)34)13-22(32)29-16-4-7-18(8-5-16)38(35,36)30-17-6-9-20(25)19(12-17)23(26,27)28/h3-12,30H,13H2,1-2H3,(H,29,32). The molecule has 0 aliphatic carbocycles. The molecule has 38 heavy (non-hydrogen) atoms. The summed E-state index contributed by atoms with van der Waals surface area (Å²) in [5, 5.41) is 2.29. The Balaban J connectivity index is 1.75. The van der Waals surface area contributed by atoms with Gasteiger partial charge in [0.15, 0.2) is 0 Å². The zero-order valence-electron chi connectivity index (χ0n) is 19.7. The van der Waals surface area contributed by atoms with Gasteiger partial charge in [0.1, 0.15) is 6.54 Å². The predicted octanol–water partition coefficient (Wildman–Crippen LogP) is 5.53. The van der Waals surface area contributed by atoms with E-state index in [0.29, 0.717) is 16.7 Å². The second-order valence-electron chi connectivity index (χ2n) is 8.07. The molecule has 1 amide bonds. The Hall–Kier alpha value is -3.00. The van der Waals surface area contributed by atoms with Gasteiger partial charge in [-0.25, -0.2) is 16.8 Å². The summed E-state index contributed by atoms with van der Waals surface area (Å²) in [5.41, 5.74) is -0.607. The highest BCUT2D eigenvalue weighted by Gasteiger charge is 2.33. The molecular weight excluding hydrogens is 590 g/mol. The molecule has 15 heteroatoms. The van der Waals surface area contributed by atoms with Gasteiger partial charge in [-0.3, -0.25) is 13.8 Å². The summed E-state index contributed by atoms with van der Waals surface area (Å²) >= 11 is 11.5. The zero-order chi connectivity index (χ0) is 28.5. The highest BCUT2D eigenvalue weighted by atomic mass is 35.5. The number of carbonyl (C=O) groups excluding carboxylic acids is 1. The number of carbonyl (C=O) groups is 1. The fraction of sp³-hybridized carbons (Fsp3) is 0.174. The molecular formula is C23H20Cl2F3N3O5S2. The van der Waals surface area contributed by atoms with E-state index in [1.807, 2.05) is 4.72 Å². The third kappa shape index (κ3) is 7.31. The summed E-state index contributed by atoms with van der Waals surface area (Å²) in [7, 11) is -8.14. The quantitative estimate of drug-likeness (QED) is 0.349. The molecule has 0 saturated heterocycles. The third-order valence-corrected chi connectivity index (χ3v) is 8.18. The molecule has 0 aromatic heterocycles. The minimum absolute atomic E-state index is 0.154. The van der Waals surface area contributed by atoms with Gasteiger partial charge in [-0.15, -0.1) is 0 Å². The lowest BCUT2D eigenvalue weighted by molar-refractivity contribution is -0.137. The molecule has 0 aliphatic heterocycles. The minimum Gasteiger partial charge on any atom is -0.325 e. The van der Waals surface area contributed by atoms with Crippen LogP contribution < -0.4 is 14.3 Å². The maximum absolute atomic E-state index is 13.1. The van der Waals surface area contributed by atoms with Crippen LogP contribution in [0, 0.1) is 6.92 Å². The highest BCUT2D eigenvalue weighted by Crippen LogP contribution is 2.36. The Morgan fingerprint density at radius 1 is 0.921 bits per heavy atom. The lowest BCUT2D eigenvalue weighted by Gasteiger charge is -2.23. The Morgan fingerprint density at radius 3 is 2.08 bits per heavy atom. The first-order valence-electron chi connectivity index (χ1n) is 10.5. The molecule has 2 N–H and O–H groups in total. The third-order valence-electron chi connectivity index (χ3n) is 5.09. The van der Waals surface area contributed by atoms with E-state index in [0.717, 1.165) is 34.8 Å². The molecule has 8 nitrogen and oxygen atoms in total. The summed E-state index contributed by atoms with van der Waals surface area (Å²) in [6, 6.07) is 11.8. The Morgan fingerprint density at radius 2 is 1.53 bits per heavy atom. The van der Waals surface area contributed by atoms with E-state index in [-0.39, 0.29) is 22.0 Å². The van der Waals surface area contributed by atoms with Crippen LogP contribution in [-0.4, -0.2) is 35.5 Å². The van der Waals surface area contributed by atoms with Crippen molar-refractivity contribution in [2.75, 3.05) is 27.1 Å². The number of benzene rings is 3. The van der Waals surface area contributed by atoms with Gasteiger partial charge < -0.3 is 5.32 Å². The van der Waals surface area contributed by atoms with Crippen LogP contribution in [0.25, 0.3) is 0 Å². The average molecular weight is 610 g/mol. The number of anilines is 3. The van der Waals surface area contributed by atoms with Gasteiger partial charge >= 0.3 is 6.18 Å². The van der Waals surface area contributed by atoms with Crippen LogP contribution in [0.4, 0.5) is 30.2 Å². The number of hydrogen-bond acceptors (Lipinski definition) is 5. The van der Waals surface area contributed by atoms with Crippen LogP contribution in [0.3, 0.4) is 0 Å². The van der Waals surface area contributed by atoms with Crippen LogP contribution in [0.15, 0.2) is 65.6 Å². The number of amides is 1. The topological polar surface area (TPSA) is 113 Å². The predicted molar refractivity (Wildman–Crippen MR) is 141 cm³/mol. The number of sulfonamides is 2. The number of halogens is 5. The summed E-state index contributed by atoms with van der Waals surface area (Å²) in [5.74, 6) is -0.709. The second-order valence-corrected chi connectivity index (χ2v) is 12.5. The van der Waals surface area contributed by atoms with Crippen LogP contribution in [0.2, 0.25) is 10.0 Å². The van der Waals surface area contributed by atoms with E-state index in [2.05, 4.69) is 5.32 Å². The summed E-state index contributed by atoms with van der Waals surface area (Å²) in [4.78, 5) is 12.3. The summed E-state index contributed by atoms with van der Waals surface area (Å²) in [6.45, 7) is 1.07. The fourth-order valence-electron chi connectivity index (χ4n) is 3.35. The van der Waals surface area contributed by atoms with Gasteiger partial charge in [-0.2, -0.15) is 13.2 Å². The van der Waals surface area contributed by atoms with E-state index in [1.54, 1.807) is 13.0 Å². The van der Waals surface area contributed by atoms with Gasteiger partial charge in [0.25, 0.3) is 10.0 Å². The molecule has 3 aromatic rings. The Kier molecular flexibility index (Phi) is 8.56. The number of hydrogen-bond donors (Lipinski definition) is 2. The lowest BCUT2D eigenvalue weighted by atomic mass is 10.2. The first kappa shape index (κ1) is 29.6. The Bertz CT molecular complexity index is 1580. The van der Waals surface area contributed by atoms with Crippen molar-refractivity contribution in [1.29, 1.82) is 0 Å². The molecule has 0 radical (unpaired) electrons. The molecule has 0 heterocycles. The molecule has 0 spiro atoms. The van der Waals surface area contributed by atoms with E-state index >= 15 is 0 Å². The number of alkyl halides is 3. The number of nitrogens with zero attached hydrogens (tertiary/aromatic N) is 1. The SMILES string of the molecule is Cc1cc(Cl)ccc1N(CC(=O)Nc1ccc(S(=O)(=O)Nc2ccc(Cl)c(C(F)(F)F)c2)cc1)S(C)(=O)=O. The van der Waals surface area contributed by atoms with Crippen molar-refractivity contribution in [3.63, 3.8) is 0 Å². The number of rotatable bonds is 8. The maximum Gasteiger partial charge on any atom is 0.417 e. The molecule has 0 atom stereocenters. The van der Waals surface area contributed by atoms with Gasteiger partial charge in [0.05, 0.1) is 27.4 Å². The van der Waals surface area contributed by atoms with Crippen LogP contribution in [0.5, 0.6) is 0 Å². The zero-order valence-corrected chi connectivity index (χ0v) is 22.8. The van der Waals surface area contributed by atoms with Crippen molar-refractivity contribution >= 4 is 66.2 Å². The van der Waals surface area contributed by atoms with E-state index in [9.17, 15) is 34.8 Å². The van der Waals surface area contributed by atoms with E-state index < -0.39 is 49.3 Å². The highest BCUT2D eigenvalue weighted by molar-refractivity contribution is 7.92. The lowest BCUT2D eigenvalue weighted by Crippen LogP contribution is -2.37.